The van der Waals surface area contributed by atoms with Gasteiger partial charge in [0.1, 0.15) is 22.1 Å². The molecule has 43 heavy (non-hydrogen) atoms. The van der Waals surface area contributed by atoms with Crippen LogP contribution in [0.25, 0.3) is 76.2 Å². The molecule has 0 bridgehead atoms. The molecule has 0 fully saturated rings. The van der Waals surface area contributed by atoms with Gasteiger partial charge in [0.25, 0.3) is 0 Å². The summed E-state index contributed by atoms with van der Waals surface area (Å²) < 4.78 is 9.91. The number of fused-ring (bicyclic) bond motifs is 5. The van der Waals surface area contributed by atoms with Crippen LogP contribution in [-0.4, -0.2) is 18.7 Å². The first-order valence-corrected chi connectivity index (χ1v) is 17.4. The lowest BCUT2D eigenvalue weighted by Crippen LogP contribution is -1.97. The van der Waals surface area contributed by atoms with E-state index in [0.717, 1.165) is 68.6 Å². The van der Waals surface area contributed by atoms with Gasteiger partial charge in [0.05, 0.1) is 23.1 Å². The Hall–Kier alpha value is -3.52. The van der Waals surface area contributed by atoms with Crippen molar-refractivity contribution in [2.45, 2.75) is 54.4 Å². The van der Waals surface area contributed by atoms with Crippen LogP contribution < -0.4 is 0 Å². The molecule has 0 amide bonds. The fourth-order valence-electron chi connectivity index (χ4n) is 6.67. The topological polar surface area (TPSA) is 51.6 Å². The van der Waals surface area contributed by atoms with E-state index in [1.54, 1.807) is 0 Å². The summed E-state index contributed by atoms with van der Waals surface area (Å²) in [5.41, 5.74) is 12.9. The van der Waals surface area contributed by atoms with Crippen molar-refractivity contribution in [3.8, 4) is 43.4 Å². The van der Waals surface area contributed by atoms with Gasteiger partial charge in [-0.1, -0.05) is 64.1 Å². The van der Waals surface area contributed by atoms with Crippen LogP contribution in [0, 0.1) is 25.7 Å². The summed E-state index contributed by atoms with van der Waals surface area (Å²) in [6.45, 7) is 13.6. The highest BCUT2D eigenvalue weighted by Crippen LogP contribution is 2.50. The van der Waals surface area contributed by atoms with Gasteiger partial charge in [-0.25, -0.2) is 9.97 Å². The molecule has 4 heterocycles. The van der Waals surface area contributed by atoms with Crippen LogP contribution >= 0.6 is 34.4 Å². The first-order valence-electron chi connectivity index (χ1n) is 15.0. The third-order valence-corrected chi connectivity index (χ3v) is 11.3. The van der Waals surface area contributed by atoms with E-state index in [4.69, 9.17) is 18.7 Å². The molecule has 0 unspecified atom stereocenters. The van der Waals surface area contributed by atoms with Crippen LogP contribution in [-0.2, 0) is 12.8 Å². The molecule has 0 aliphatic heterocycles. The van der Waals surface area contributed by atoms with Crippen LogP contribution in [0.2, 0.25) is 0 Å². The summed E-state index contributed by atoms with van der Waals surface area (Å²) >= 11 is 4.98. The molecule has 4 nitrogen and oxygen atoms in total. The van der Waals surface area contributed by atoms with Crippen molar-refractivity contribution >= 4 is 67.2 Å². The Morgan fingerprint density at radius 2 is 1.09 bits per heavy atom. The number of aryl methyl sites for hydroxylation is 2. The van der Waals surface area contributed by atoms with E-state index in [1.165, 1.54) is 53.1 Å². The standard InChI is InChI=1S/C36H32N4S3/c1-17(2)13-22-15-26(41-19(22)5)29-33-34(38-32-25-12-8-10-21-9-7-11-24(28(21)25)31(32)37-33)30(36-35(29)39-43-40-36)27-16-23(14-18(3)4)20(6)42-27/h7-12,15-18H,13-14H2,1-6H3. The van der Waals surface area contributed by atoms with Crippen molar-refractivity contribution < 1.29 is 0 Å². The first-order chi connectivity index (χ1) is 20.8. The van der Waals surface area contributed by atoms with Crippen LogP contribution in [0.3, 0.4) is 0 Å². The summed E-state index contributed by atoms with van der Waals surface area (Å²) in [5.74, 6) is 1.18. The SMILES string of the molecule is Cc1sc(-c2c3nsnc3c(-c3cc(CC(C)C)c(C)s3)c3nc4c(nc23)-c2cccc3cccc-4c23)cc1CC(C)C. The van der Waals surface area contributed by atoms with Gasteiger partial charge in [0.15, 0.2) is 0 Å². The van der Waals surface area contributed by atoms with Gasteiger partial charge >= 0.3 is 0 Å². The molecule has 0 saturated heterocycles. The molecule has 0 saturated carbocycles. The minimum Gasteiger partial charge on any atom is -0.243 e. The predicted octanol–water partition coefficient (Wildman–Crippen LogP) is 10.9. The second-order valence-electron chi connectivity index (χ2n) is 12.6. The molecule has 7 heteroatoms. The maximum atomic E-state index is 5.55. The predicted molar refractivity (Wildman–Crippen MR) is 186 cm³/mol. The quantitative estimate of drug-likeness (QED) is 0.186. The highest BCUT2D eigenvalue weighted by Gasteiger charge is 2.30. The van der Waals surface area contributed by atoms with E-state index in [-0.39, 0.29) is 0 Å². The molecule has 1 aliphatic carbocycles. The van der Waals surface area contributed by atoms with E-state index < -0.39 is 0 Å². The lowest BCUT2D eigenvalue weighted by Gasteiger charge is -2.12. The fraction of sp³-hybridized carbons (Fsp3) is 0.278. The minimum atomic E-state index is 0.588. The summed E-state index contributed by atoms with van der Waals surface area (Å²) in [6.07, 6.45) is 2.12. The number of aromatic nitrogens is 4. The second-order valence-corrected chi connectivity index (χ2v) is 15.7. The number of rotatable bonds is 6. The van der Waals surface area contributed by atoms with Crippen molar-refractivity contribution in [3.05, 3.63) is 69.4 Å². The molecule has 4 aromatic heterocycles. The van der Waals surface area contributed by atoms with Crippen LogP contribution in [0.4, 0.5) is 0 Å². The van der Waals surface area contributed by atoms with Crippen molar-refractivity contribution in [3.63, 3.8) is 0 Å². The number of nitrogens with zero attached hydrogens (tertiary/aromatic N) is 4. The Bertz CT molecular complexity index is 2080. The third-order valence-electron chi connectivity index (χ3n) is 8.54. The highest BCUT2D eigenvalue weighted by molar-refractivity contribution is 7.16. The molecular formula is C36H32N4S3. The second kappa shape index (κ2) is 10.0. The monoisotopic (exact) mass is 616 g/mol. The largest absolute Gasteiger partial charge is 0.243 e. The van der Waals surface area contributed by atoms with Crippen molar-refractivity contribution in [2.24, 2.45) is 11.8 Å². The number of hydrogen-bond acceptors (Lipinski definition) is 7. The Morgan fingerprint density at radius 3 is 1.53 bits per heavy atom. The molecule has 0 radical (unpaired) electrons. The van der Waals surface area contributed by atoms with Gasteiger partial charge in [-0.05, 0) is 67.2 Å². The van der Waals surface area contributed by atoms with E-state index in [1.807, 2.05) is 22.7 Å². The molecule has 8 rings (SSSR count). The number of hydrogen-bond donors (Lipinski definition) is 0. The van der Waals surface area contributed by atoms with Crippen LogP contribution in [0.1, 0.15) is 48.6 Å². The van der Waals surface area contributed by atoms with Crippen molar-refractivity contribution in [1.82, 2.24) is 18.7 Å². The van der Waals surface area contributed by atoms with Crippen LogP contribution in [0.5, 0.6) is 0 Å². The average Bonchev–Trinajstić information content (AvgIpc) is 3.74. The molecule has 3 aromatic carbocycles. The van der Waals surface area contributed by atoms with E-state index >= 15 is 0 Å². The molecule has 7 aromatic rings. The first kappa shape index (κ1) is 27.1. The Balaban J connectivity index is 1.49. The van der Waals surface area contributed by atoms with Crippen LogP contribution in [0.15, 0.2) is 48.5 Å². The Labute approximate surface area is 263 Å². The van der Waals surface area contributed by atoms with E-state index in [0.29, 0.717) is 11.8 Å². The Kier molecular flexibility index (Phi) is 6.30. The van der Waals surface area contributed by atoms with E-state index in [2.05, 4.69) is 90.1 Å². The maximum Gasteiger partial charge on any atom is 0.116 e. The van der Waals surface area contributed by atoms with Gasteiger partial charge in [0.2, 0.25) is 0 Å². The van der Waals surface area contributed by atoms with Crippen molar-refractivity contribution in [2.75, 3.05) is 0 Å². The molecule has 0 spiro atoms. The summed E-state index contributed by atoms with van der Waals surface area (Å²) in [6, 6.07) is 17.8. The van der Waals surface area contributed by atoms with Gasteiger partial charge < -0.3 is 0 Å². The molecule has 214 valence electrons. The zero-order valence-electron chi connectivity index (χ0n) is 25.2. The van der Waals surface area contributed by atoms with Gasteiger partial charge in [0, 0.05) is 47.1 Å². The number of benzene rings is 3. The van der Waals surface area contributed by atoms with E-state index in [9.17, 15) is 0 Å². The van der Waals surface area contributed by atoms with Gasteiger partial charge in [-0.2, -0.15) is 8.75 Å². The molecular weight excluding hydrogens is 585 g/mol. The van der Waals surface area contributed by atoms with Gasteiger partial charge in [-0.3, -0.25) is 0 Å². The zero-order chi connectivity index (χ0) is 29.6. The highest BCUT2D eigenvalue weighted by atomic mass is 32.1. The minimum absolute atomic E-state index is 0.588. The molecule has 1 aliphatic rings. The Morgan fingerprint density at radius 1 is 0.628 bits per heavy atom. The lowest BCUT2D eigenvalue weighted by atomic mass is 9.98. The molecule has 0 atom stereocenters. The summed E-state index contributed by atoms with van der Waals surface area (Å²) in [5, 5.41) is 2.47. The number of thiophene rings is 2. The fourth-order valence-corrected chi connectivity index (χ4v) is 9.43. The van der Waals surface area contributed by atoms with Gasteiger partial charge in [-0.15, -0.1) is 22.7 Å². The maximum absolute atomic E-state index is 5.55. The third kappa shape index (κ3) is 4.20. The lowest BCUT2D eigenvalue weighted by molar-refractivity contribution is 0.646. The normalized spacial score (nSPS) is 12.6. The average molecular weight is 617 g/mol. The zero-order valence-corrected chi connectivity index (χ0v) is 27.7. The summed E-state index contributed by atoms with van der Waals surface area (Å²) in [4.78, 5) is 16.2. The van der Waals surface area contributed by atoms with Crippen molar-refractivity contribution in [1.29, 1.82) is 0 Å². The summed E-state index contributed by atoms with van der Waals surface area (Å²) in [7, 11) is 0. The molecule has 0 N–H and O–H groups in total. The smallest absolute Gasteiger partial charge is 0.116 e.